The van der Waals surface area contributed by atoms with Crippen molar-refractivity contribution in [3.8, 4) is 10.6 Å². The summed E-state index contributed by atoms with van der Waals surface area (Å²) in [5.41, 5.74) is 2.37. The van der Waals surface area contributed by atoms with Gasteiger partial charge in [-0.25, -0.2) is 9.67 Å². The Balaban J connectivity index is 1.75. The number of hydrogen-bond acceptors (Lipinski definition) is 5. The smallest absolute Gasteiger partial charge is 0.267 e. The molecule has 0 radical (unpaired) electrons. The first-order valence-electron chi connectivity index (χ1n) is 8.13. The Hall–Kier alpha value is -3.06. The SMILES string of the molecule is Cc1ccc2nc(Cn3nc(-c4ccc(C)s4)ccc3=O)cc(=O)n2c1. The average Bonchev–Trinajstić information content (AvgIpc) is 3.04. The molecule has 4 rings (SSSR count). The second kappa shape index (κ2) is 6.34. The maximum atomic E-state index is 12.3. The van der Waals surface area contributed by atoms with Gasteiger partial charge in [-0.05, 0) is 43.7 Å². The van der Waals surface area contributed by atoms with Crippen molar-refractivity contribution >= 4 is 17.0 Å². The van der Waals surface area contributed by atoms with Crippen molar-refractivity contribution in [2.24, 2.45) is 0 Å². The van der Waals surface area contributed by atoms with Crippen LogP contribution in [0.5, 0.6) is 0 Å². The number of rotatable bonds is 3. The molecule has 0 fully saturated rings. The van der Waals surface area contributed by atoms with E-state index < -0.39 is 0 Å². The van der Waals surface area contributed by atoms with Gasteiger partial charge in [-0.3, -0.25) is 14.0 Å². The molecule has 0 aromatic carbocycles. The lowest BCUT2D eigenvalue weighted by molar-refractivity contribution is 0.631. The number of thiophene rings is 1. The zero-order valence-corrected chi connectivity index (χ0v) is 15.2. The Morgan fingerprint density at radius 3 is 2.62 bits per heavy atom. The first-order chi connectivity index (χ1) is 12.5. The average molecular weight is 364 g/mol. The van der Waals surface area contributed by atoms with Crippen LogP contribution in [0.1, 0.15) is 16.1 Å². The van der Waals surface area contributed by atoms with Crippen molar-refractivity contribution in [2.45, 2.75) is 20.4 Å². The van der Waals surface area contributed by atoms with Crippen molar-refractivity contribution < 1.29 is 0 Å². The highest BCUT2D eigenvalue weighted by Gasteiger charge is 2.08. The number of nitrogens with zero attached hydrogens (tertiary/aromatic N) is 4. The molecule has 0 N–H and O–H groups in total. The van der Waals surface area contributed by atoms with E-state index in [9.17, 15) is 9.59 Å². The van der Waals surface area contributed by atoms with Gasteiger partial charge in [0.2, 0.25) is 0 Å². The van der Waals surface area contributed by atoms with E-state index in [0.717, 1.165) is 16.1 Å². The van der Waals surface area contributed by atoms with Crippen LogP contribution in [-0.2, 0) is 6.54 Å². The topological polar surface area (TPSA) is 69.3 Å². The summed E-state index contributed by atoms with van der Waals surface area (Å²) in [6.45, 7) is 4.09. The molecule has 0 saturated carbocycles. The molecular weight excluding hydrogens is 348 g/mol. The van der Waals surface area contributed by atoms with Gasteiger partial charge in [-0.2, -0.15) is 5.10 Å². The van der Waals surface area contributed by atoms with Gasteiger partial charge in [-0.15, -0.1) is 11.3 Å². The van der Waals surface area contributed by atoms with E-state index in [4.69, 9.17) is 0 Å². The van der Waals surface area contributed by atoms with Crippen molar-refractivity contribution in [3.05, 3.63) is 85.5 Å². The van der Waals surface area contributed by atoms with Crippen molar-refractivity contribution in [3.63, 3.8) is 0 Å². The second-order valence-electron chi connectivity index (χ2n) is 6.15. The van der Waals surface area contributed by atoms with E-state index in [0.29, 0.717) is 11.3 Å². The lowest BCUT2D eigenvalue weighted by atomic mass is 10.3. The van der Waals surface area contributed by atoms with Gasteiger partial charge < -0.3 is 0 Å². The molecule has 0 atom stereocenters. The fraction of sp³-hybridized carbons (Fsp3) is 0.158. The first-order valence-corrected chi connectivity index (χ1v) is 8.95. The van der Waals surface area contributed by atoms with Gasteiger partial charge in [0.25, 0.3) is 11.1 Å². The Bertz CT molecular complexity index is 1240. The summed E-state index contributed by atoms with van der Waals surface area (Å²) in [6, 6.07) is 12.4. The Morgan fingerprint density at radius 2 is 1.85 bits per heavy atom. The van der Waals surface area contributed by atoms with Crippen molar-refractivity contribution in [1.82, 2.24) is 19.2 Å². The molecule has 0 aliphatic rings. The molecule has 0 bridgehead atoms. The van der Waals surface area contributed by atoms with Gasteiger partial charge in [0.1, 0.15) is 11.3 Å². The number of hydrogen-bond donors (Lipinski definition) is 0. The fourth-order valence-electron chi connectivity index (χ4n) is 2.76. The van der Waals surface area contributed by atoms with Gasteiger partial charge in [-0.1, -0.05) is 6.07 Å². The summed E-state index contributed by atoms with van der Waals surface area (Å²) in [5.74, 6) is 0. The normalized spacial score (nSPS) is 11.2. The van der Waals surface area contributed by atoms with Crippen LogP contribution >= 0.6 is 11.3 Å². The van der Waals surface area contributed by atoms with Crippen molar-refractivity contribution in [2.75, 3.05) is 0 Å². The van der Waals surface area contributed by atoms with Crippen LogP contribution in [0.3, 0.4) is 0 Å². The largest absolute Gasteiger partial charge is 0.269 e. The quantitative estimate of drug-likeness (QED) is 0.560. The molecule has 0 spiro atoms. The highest BCUT2D eigenvalue weighted by molar-refractivity contribution is 7.15. The van der Waals surface area contributed by atoms with Crippen LogP contribution in [0.2, 0.25) is 0 Å². The number of aromatic nitrogens is 4. The maximum absolute atomic E-state index is 12.3. The second-order valence-corrected chi connectivity index (χ2v) is 7.43. The molecule has 4 heterocycles. The van der Waals surface area contributed by atoms with Crippen LogP contribution < -0.4 is 11.1 Å². The van der Waals surface area contributed by atoms with Gasteiger partial charge in [0.15, 0.2) is 0 Å². The summed E-state index contributed by atoms with van der Waals surface area (Å²) < 4.78 is 2.84. The lowest BCUT2D eigenvalue weighted by Crippen LogP contribution is -2.25. The first kappa shape index (κ1) is 16.4. The summed E-state index contributed by atoms with van der Waals surface area (Å²) in [5, 5.41) is 4.44. The Labute approximate surface area is 153 Å². The molecule has 130 valence electrons. The minimum absolute atomic E-state index is 0.149. The molecule has 0 aliphatic carbocycles. The molecular formula is C19H16N4O2S. The summed E-state index contributed by atoms with van der Waals surface area (Å²) >= 11 is 1.62. The summed E-state index contributed by atoms with van der Waals surface area (Å²) in [7, 11) is 0. The lowest BCUT2D eigenvalue weighted by Gasteiger charge is -2.07. The monoisotopic (exact) mass is 364 g/mol. The van der Waals surface area contributed by atoms with E-state index in [-0.39, 0.29) is 17.7 Å². The Kier molecular flexibility index (Phi) is 4.00. The summed E-state index contributed by atoms with van der Waals surface area (Å²) in [4.78, 5) is 31.2. The molecule has 0 unspecified atom stereocenters. The van der Waals surface area contributed by atoms with Crippen molar-refractivity contribution in [1.29, 1.82) is 0 Å². The van der Waals surface area contributed by atoms with Crippen LogP contribution in [0.25, 0.3) is 16.2 Å². The highest BCUT2D eigenvalue weighted by Crippen LogP contribution is 2.25. The summed E-state index contributed by atoms with van der Waals surface area (Å²) in [6.07, 6.45) is 1.75. The molecule has 6 nitrogen and oxygen atoms in total. The highest BCUT2D eigenvalue weighted by atomic mass is 32.1. The minimum atomic E-state index is -0.229. The Morgan fingerprint density at radius 1 is 1.00 bits per heavy atom. The molecule has 26 heavy (non-hydrogen) atoms. The zero-order chi connectivity index (χ0) is 18.3. The number of pyridine rings is 1. The van der Waals surface area contributed by atoms with Crippen LogP contribution in [-0.4, -0.2) is 19.2 Å². The molecule has 0 amide bonds. The fourth-order valence-corrected chi connectivity index (χ4v) is 3.59. The maximum Gasteiger partial charge on any atom is 0.267 e. The van der Waals surface area contributed by atoms with Crippen LogP contribution in [0.15, 0.2) is 58.3 Å². The predicted octanol–water partition coefficient (Wildman–Crippen LogP) is 2.64. The number of aryl methyl sites for hydroxylation is 2. The minimum Gasteiger partial charge on any atom is -0.269 e. The third kappa shape index (κ3) is 3.09. The van der Waals surface area contributed by atoms with Gasteiger partial charge in [0, 0.05) is 23.2 Å². The van der Waals surface area contributed by atoms with Crippen LogP contribution in [0.4, 0.5) is 0 Å². The third-order valence-electron chi connectivity index (χ3n) is 4.03. The van der Waals surface area contributed by atoms with Crippen LogP contribution in [0, 0.1) is 13.8 Å². The number of fused-ring (bicyclic) bond motifs is 1. The predicted molar refractivity (Wildman–Crippen MR) is 102 cm³/mol. The van der Waals surface area contributed by atoms with E-state index >= 15 is 0 Å². The van der Waals surface area contributed by atoms with Gasteiger partial charge in [0.05, 0.1) is 17.1 Å². The van der Waals surface area contributed by atoms with E-state index in [2.05, 4.69) is 10.1 Å². The zero-order valence-electron chi connectivity index (χ0n) is 14.3. The molecule has 7 heteroatoms. The van der Waals surface area contributed by atoms with Gasteiger partial charge >= 0.3 is 0 Å². The third-order valence-corrected chi connectivity index (χ3v) is 5.05. The molecule has 4 aromatic heterocycles. The molecule has 0 saturated heterocycles. The molecule has 4 aromatic rings. The standard InChI is InChI=1S/C19H16N4O2S/c1-12-3-7-17-20-14(9-19(25)22(17)10-12)11-23-18(24)8-5-15(21-23)16-6-4-13(2)26-16/h3-10H,11H2,1-2H3. The van der Waals surface area contributed by atoms with E-state index in [1.165, 1.54) is 26.1 Å². The van der Waals surface area contributed by atoms with E-state index in [1.54, 1.807) is 29.7 Å². The molecule has 0 aliphatic heterocycles. The van der Waals surface area contributed by atoms with E-state index in [1.807, 2.05) is 32.0 Å².